The molecule has 0 radical (unpaired) electrons. The van der Waals surface area contributed by atoms with Gasteiger partial charge in [-0.25, -0.2) is 0 Å². The van der Waals surface area contributed by atoms with Gasteiger partial charge in [0.1, 0.15) is 11.5 Å². The van der Waals surface area contributed by atoms with Crippen LogP contribution in [0.15, 0.2) is 54.1 Å². The molecule has 1 atom stereocenters. The van der Waals surface area contributed by atoms with E-state index >= 15 is 0 Å². The number of rotatable bonds is 7. The minimum Gasteiger partial charge on any atom is -0.507 e. The second-order valence-corrected chi connectivity index (χ2v) is 9.13. The van der Waals surface area contributed by atoms with E-state index in [4.69, 9.17) is 21.1 Å². The number of morpholine rings is 1. The third kappa shape index (κ3) is 5.27. The fraction of sp³-hybridized carbons (Fsp3) is 0.385. The molecule has 2 aromatic carbocycles. The van der Waals surface area contributed by atoms with Gasteiger partial charge in [-0.3, -0.25) is 14.5 Å². The maximum absolute atomic E-state index is 13.2. The Morgan fingerprint density at radius 3 is 2.32 bits per heavy atom. The van der Waals surface area contributed by atoms with Crippen molar-refractivity contribution in [1.29, 1.82) is 0 Å². The molecule has 2 aromatic rings. The van der Waals surface area contributed by atoms with Gasteiger partial charge in [0.05, 0.1) is 30.9 Å². The molecular weight excluding hydrogens is 456 g/mol. The maximum atomic E-state index is 13.2. The molecule has 180 valence electrons. The molecule has 2 aliphatic heterocycles. The van der Waals surface area contributed by atoms with Gasteiger partial charge in [-0.1, -0.05) is 23.7 Å². The number of likely N-dealkylation sites (tertiary alicyclic amines) is 1. The number of ketones is 1. The first-order valence-electron chi connectivity index (χ1n) is 11.5. The number of benzene rings is 2. The summed E-state index contributed by atoms with van der Waals surface area (Å²) in [6.07, 6.45) is 0.0231. The van der Waals surface area contributed by atoms with Crippen LogP contribution in [0.5, 0.6) is 5.75 Å². The highest BCUT2D eigenvalue weighted by atomic mass is 35.5. The van der Waals surface area contributed by atoms with Crippen LogP contribution in [0.3, 0.4) is 0 Å². The summed E-state index contributed by atoms with van der Waals surface area (Å²) in [5.74, 6) is -0.823. The first kappa shape index (κ1) is 24.3. The predicted octanol–water partition coefficient (Wildman–Crippen LogP) is 3.88. The lowest BCUT2D eigenvalue weighted by molar-refractivity contribution is -0.140. The molecule has 0 aliphatic carbocycles. The second kappa shape index (κ2) is 10.6. The zero-order valence-electron chi connectivity index (χ0n) is 19.4. The summed E-state index contributed by atoms with van der Waals surface area (Å²) in [5.41, 5.74) is 1.24. The van der Waals surface area contributed by atoms with Crippen molar-refractivity contribution in [2.75, 3.05) is 39.4 Å². The van der Waals surface area contributed by atoms with Gasteiger partial charge >= 0.3 is 0 Å². The number of hydrogen-bond donors (Lipinski definition) is 1. The van der Waals surface area contributed by atoms with E-state index in [0.717, 1.165) is 18.7 Å². The van der Waals surface area contributed by atoms with Gasteiger partial charge in [-0.05, 0) is 55.8 Å². The van der Waals surface area contributed by atoms with E-state index in [1.165, 1.54) is 0 Å². The zero-order chi connectivity index (χ0) is 24.2. The Labute approximate surface area is 204 Å². The van der Waals surface area contributed by atoms with Crippen molar-refractivity contribution in [1.82, 2.24) is 9.80 Å². The lowest BCUT2D eigenvalue weighted by Gasteiger charge is -2.31. The van der Waals surface area contributed by atoms with Gasteiger partial charge in [0, 0.05) is 36.8 Å². The topological polar surface area (TPSA) is 79.3 Å². The van der Waals surface area contributed by atoms with Crippen molar-refractivity contribution in [3.8, 4) is 5.75 Å². The van der Waals surface area contributed by atoms with Crippen LogP contribution in [0.4, 0.5) is 0 Å². The number of aliphatic hydroxyl groups excluding tert-OH is 1. The molecule has 0 aromatic heterocycles. The lowest BCUT2D eigenvalue weighted by Crippen LogP contribution is -2.42. The first-order chi connectivity index (χ1) is 16.3. The van der Waals surface area contributed by atoms with Crippen LogP contribution in [-0.4, -0.2) is 72.1 Å². The quantitative estimate of drug-likeness (QED) is 0.365. The van der Waals surface area contributed by atoms with Crippen LogP contribution in [0, 0.1) is 0 Å². The van der Waals surface area contributed by atoms with Crippen LogP contribution in [0.1, 0.15) is 31.0 Å². The molecule has 2 aliphatic rings. The third-order valence-electron chi connectivity index (χ3n) is 5.99. The Hall–Kier alpha value is -2.87. The van der Waals surface area contributed by atoms with Crippen molar-refractivity contribution >= 4 is 29.1 Å². The van der Waals surface area contributed by atoms with Gasteiger partial charge in [-0.2, -0.15) is 0 Å². The number of amides is 1. The second-order valence-electron chi connectivity index (χ2n) is 8.69. The molecular formula is C26H29ClN2O5. The van der Waals surface area contributed by atoms with E-state index in [0.29, 0.717) is 42.6 Å². The van der Waals surface area contributed by atoms with Crippen molar-refractivity contribution < 1.29 is 24.2 Å². The monoisotopic (exact) mass is 484 g/mol. The average molecular weight is 485 g/mol. The molecule has 2 fully saturated rings. The third-order valence-corrected chi connectivity index (χ3v) is 6.24. The summed E-state index contributed by atoms with van der Waals surface area (Å²) in [4.78, 5) is 30.0. The Morgan fingerprint density at radius 1 is 1.06 bits per heavy atom. The summed E-state index contributed by atoms with van der Waals surface area (Å²) in [7, 11) is 0. The molecule has 4 rings (SSSR count). The largest absolute Gasteiger partial charge is 0.507 e. The normalized spacial score (nSPS) is 20.8. The van der Waals surface area contributed by atoms with Crippen LogP contribution in [-0.2, 0) is 14.3 Å². The summed E-state index contributed by atoms with van der Waals surface area (Å²) in [6.45, 7) is 7.72. The Morgan fingerprint density at radius 2 is 1.71 bits per heavy atom. The smallest absolute Gasteiger partial charge is 0.295 e. The number of hydrogen-bond acceptors (Lipinski definition) is 6. The van der Waals surface area contributed by atoms with E-state index in [9.17, 15) is 14.7 Å². The summed E-state index contributed by atoms with van der Waals surface area (Å²) in [5, 5.41) is 11.6. The molecule has 7 nitrogen and oxygen atoms in total. The van der Waals surface area contributed by atoms with Crippen LogP contribution >= 0.6 is 11.6 Å². The summed E-state index contributed by atoms with van der Waals surface area (Å²) in [6, 6.07) is 13.2. The van der Waals surface area contributed by atoms with Gasteiger partial charge in [-0.15, -0.1) is 0 Å². The van der Waals surface area contributed by atoms with Crippen molar-refractivity contribution in [3.05, 3.63) is 70.3 Å². The number of Topliss-reactive ketones (excluding diaryl/α,β-unsaturated/α-hetero) is 1. The molecule has 34 heavy (non-hydrogen) atoms. The SMILES string of the molecule is CC(C)Oc1ccc([C@H]2C(=C(O)c3ccc(Cl)cc3)C(=O)C(=O)N2CCN2CCOCC2)cc1. The molecule has 0 saturated carbocycles. The summed E-state index contributed by atoms with van der Waals surface area (Å²) >= 11 is 5.99. The number of nitrogens with zero attached hydrogens (tertiary/aromatic N) is 2. The fourth-order valence-electron chi connectivity index (χ4n) is 4.30. The minimum atomic E-state index is -0.704. The maximum Gasteiger partial charge on any atom is 0.295 e. The number of aliphatic hydroxyl groups is 1. The lowest BCUT2D eigenvalue weighted by atomic mass is 9.95. The van der Waals surface area contributed by atoms with E-state index < -0.39 is 17.7 Å². The predicted molar refractivity (Wildman–Crippen MR) is 130 cm³/mol. The molecule has 0 spiro atoms. The standard InChI is InChI=1S/C26H29ClN2O5/c1-17(2)34-21-9-5-18(6-10-21)23-22(24(30)19-3-7-20(27)8-4-19)25(31)26(32)29(23)12-11-28-13-15-33-16-14-28/h3-10,17,23,30H,11-16H2,1-2H3/t23-/m0/s1. The van der Waals surface area contributed by atoms with E-state index in [1.807, 2.05) is 38.1 Å². The Balaban J connectivity index is 1.71. The van der Waals surface area contributed by atoms with Crippen LogP contribution in [0.2, 0.25) is 5.02 Å². The molecule has 1 amide bonds. The van der Waals surface area contributed by atoms with Crippen molar-refractivity contribution in [2.45, 2.75) is 26.0 Å². The van der Waals surface area contributed by atoms with Crippen LogP contribution < -0.4 is 4.74 Å². The number of halogens is 1. The Kier molecular flexibility index (Phi) is 7.56. The highest BCUT2D eigenvalue weighted by molar-refractivity contribution is 6.46. The summed E-state index contributed by atoms with van der Waals surface area (Å²) < 4.78 is 11.1. The van der Waals surface area contributed by atoms with Gasteiger partial charge < -0.3 is 19.5 Å². The minimum absolute atomic E-state index is 0.0231. The van der Waals surface area contributed by atoms with E-state index in [-0.39, 0.29) is 17.4 Å². The Bertz CT molecular complexity index is 1060. The number of ether oxygens (including phenoxy) is 2. The number of carbonyl (C=O) groups excluding carboxylic acids is 2. The van der Waals surface area contributed by atoms with Gasteiger partial charge in [0.15, 0.2) is 0 Å². The van der Waals surface area contributed by atoms with Crippen LogP contribution in [0.25, 0.3) is 5.76 Å². The highest BCUT2D eigenvalue weighted by Crippen LogP contribution is 2.39. The van der Waals surface area contributed by atoms with E-state index in [2.05, 4.69) is 4.90 Å². The first-order valence-corrected chi connectivity index (χ1v) is 11.8. The van der Waals surface area contributed by atoms with Crippen molar-refractivity contribution in [3.63, 3.8) is 0 Å². The molecule has 2 saturated heterocycles. The number of carbonyl (C=O) groups is 2. The molecule has 0 bridgehead atoms. The average Bonchev–Trinajstić information content (AvgIpc) is 3.08. The molecule has 8 heteroatoms. The molecule has 1 N–H and O–H groups in total. The fourth-order valence-corrected chi connectivity index (χ4v) is 4.42. The molecule has 2 heterocycles. The van der Waals surface area contributed by atoms with E-state index in [1.54, 1.807) is 29.2 Å². The van der Waals surface area contributed by atoms with Gasteiger partial charge in [0.2, 0.25) is 0 Å². The van der Waals surface area contributed by atoms with Gasteiger partial charge in [0.25, 0.3) is 11.7 Å². The molecule has 0 unspecified atom stereocenters. The zero-order valence-corrected chi connectivity index (χ0v) is 20.1. The highest BCUT2D eigenvalue weighted by Gasteiger charge is 2.46. The van der Waals surface area contributed by atoms with Crippen molar-refractivity contribution in [2.24, 2.45) is 0 Å².